The number of aryl methyl sites for hydroxylation is 2. The standard InChI is InChI=1S/C11H11N3OS/c1-2-4-9-7-10(6-5-8(9)3-1)15-11-12-13-14-16-11/h5-7H,1-4H2. The van der Waals surface area contributed by atoms with Crippen LogP contribution in [0.1, 0.15) is 24.0 Å². The molecule has 0 spiro atoms. The van der Waals surface area contributed by atoms with Crippen LogP contribution in [0.5, 0.6) is 10.9 Å². The van der Waals surface area contributed by atoms with Crippen LogP contribution >= 0.6 is 11.5 Å². The Bertz CT molecular complexity index is 484. The predicted molar refractivity (Wildman–Crippen MR) is 60.9 cm³/mol. The molecular formula is C11H11N3OS. The van der Waals surface area contributed by atoms with Gasteiger partial charge in [0.2, 0.25) is 0 Å². The van der Waals surface area contributed by atoms with Crippen molar-refractivity contribution in [3.8, 4) is 10.9 Å². The maximum Gasteiger partial charge on any atom is 0.319 e. The molecule has 1 aromatic carbocycles. The van der Waals surface area contributed by atoms with Gasteiger partial charge in [-0.15, -0.1) is 0 Å². The van der Waals surface area contributed by atoms with Crippen molar-refractivity contribution < 1.29 is 4.74 Å². The first-order valence-corrected chi connectivity index (χ1v) is 6.14. The maximum absolute atomic E-state index is 5.57. The summed E-state index contributed by atoms with van der Waals surface area (Å²) in [6.45, 7) is 0. The molecule has 1 aromatic heterocycles. The highest BCUT2D eigenvalue weighted by molar-refractivity contribution is 7.07. The Hall–Kier alpha value is -1.49. The van der Waals surface area contributed by atoms with E-state index in [9.17, 15) is 0 Å². The first-order chi connectivity index (χ1) is 7.92. The molecule has 3 rings (SSSR count). The average molecular weight is 233 g/mol. The fraction of sp³-hybridized carbons (Fsp3) is 0.364. The number of benzene rings is 1. The molecule has 4 nitrogen and oxygen atoms in total. The molecule has 0 aliphatic heterocycles. The molecule has 0 saturated carbocycles. The van der Waals surface area contributed by atoms with Crippen molar-refractivity contribution in [3.05, 3.63) is 29.3 Å². The van der Waals surface area contributed by atoms with Crippen molar-refractivity contribution in [1.29, 1.82) is 0 Å². The van der Waals surface area contributed by atoms with E-state index in [0.29, 0.717) is 5.19 Å². The van der Waals surface area contributed by atoms with Gasteiger partial charge in [-0.1, -0.05) is 15.7 Å². The Labute approximate surface area is 97.4 Å². The van der Waals surface area contributed by atoms with Gasteiger partial charge in [-0.2, -0.15) is 0 Å². The second kappa shape index (κ2) is 4.17. The molecule has 16 heavy (non-hydrogen) atoms. The summed E-state index contributed by atoms with van der Waals surface area (Å²) < 4.78 is 9.23. The highest BCUT2D eigenvalue weighted by atomic mass is 32.1. The fourth-order valence-corrected chi connectivity index (χ4v) is 2.39. The van der Waals surface area contributed by atoms with E-state index >= 15 is 0 Å². The van der Waals surface area contributed by atoms with Crippen LogP contribution in [-0.2, 0) is 12.8 Å². The lowest BCUT2D eigenvalue weighted by atomic mass is 9.92. The number of ether oxygens (including phenoxy) is 1. The third-order valence-corrected chi connectivity index (χ3v) is 3.28. The van der Waals surface area contributed by atoms with Crippen molar-refractivity contribution in [1.82, 2.24) is 14.8 Å². The Morgan fingerprint density at radius 2 is 2.00 bits per heavy atom. The molecular weight excluding hydrogens is 222 g/mol. The zero-order valence-corrected chi connectivity index (χ0v) is 9.54. The van der Waals surface area contributed by atoms with Crippen LogP contribution in [0.2, 0.25) is 0 Å². The quantitative estimate of drug-likeness (QED) is 0.800. The number of hydrogen-bond acceptors (Lipinski definition) is 5. The monoisotopic (exact) mass is 233 g/mol. The third-order valence-electron chi connectivity index (χ3n) is 2.81. The molecule has 1 aliphatic rings. The normalized spacial score (nSPS) is 14.5. The van der Waals surface area contributed by atoms with Gasteiger partial charge < -0.3 is 4.74 Å². The van der Waals surface area contributed by atoms with Gasteiger partial charge in [0.25, 0.3) is 0 Å². The molecule has 1 aliphatic carbocycles. The highest BCUT2D eigenvalue weighted by Crippen LogP contribution is 2.28. The summed E-state index contributed by atoms with van der Waals surface area (Å²) in [5.41, 5.74) is 2.86. The SMILES string of the molecule is c1cc2c(cc1Oc1nnns1)CCCC2. The minimum absolute atomic E-state index is 0.496. The molecule has 0 saturated heterocycles. The molecule has 0 fully saturated rings. The Kier molecular flexibility index (Phi) is 2.53. The summed E-state index contributed by atoms with van der Waals surface area (Å²) in [7, 11) is 0. The number of nitrogens with zero attached hydrogens (tertiary/aromatic N) is 3. The van der Waals surface area contributed by atoms with Crippen LogP contribution in [0.15, 0.2) is 18.2 Å². The third kappa shape index (κ3) is 1.90. The van der Waals surface area contributed by atoms with Crippen LogP contribution in [0.25, 0.3) is 0 Å². The fourth-order valence-electron chi connectivity index (χ4n) is 2.04. The van der Waals surface area contributed by atoms with Crippen LogP contribution in [-0.4, -0.2) is 14.8 Å². The van der Waals surface area contributed by atoms with E-state index in [0.717, 1.165) is 23.7 Å². The lowest BCUT2D eigenvalue weighted by Gasteiger charge is -2.15. The van der Waals surface area contributed by atoms with Crippen LogP contribution in [0.4, 0.5) is 0 Å². The van der Waals surface area contributed by atoms with Gasteiger partial charge in [-0.25, -0.2) is 0 Å². The zero-order valence-electron chi connectivity index (χ0n) is 8.72. The largest absolute Gasteiger partial charge is 0.429 e. The Morgan fingerprint density at radius 1 is 1.12 bits per heavy atom. The van der Waals surface area contributed by atoms with Crippen LogP contribution < -0.4 is 4.74 Å². The molecule has 1 heterocycles. The van der Waals surface area contributed by atoms with E-state index in [-0.39, 0.29) is 0 Å². The second-order valence-corrected chi connectivity index (χ2v) is 4.56. The van der Waals surface area contributed by atoms with Crippen LogP contribution in [0, 0.1) is 0 Å². The summed E-state index contributed by atoms with van der Waals surface area (Å²) in [4.78, 5) is 0. The molecule has 0 amide bonds. The van der Waals surface area contributed by atoms with E-state index in [1.165, 1.54) is 30.4 Å². The molecule has 0 N–H and O–H groups in total. The van der Waals surface area contributed by atoms with Gasteiger partial charge in [0.15, 0.2) is 0 Å². The van der Waals surface area contributed by atoms with E-state index in [2.05, 4.69) is 26.9 Å². The molecule has 0 radical (unpaired) electrons. The topological polar surface area (TPSA) is 47.9 Å². The van der Waals surface area contributed by atoms with Gasteiger partial charge in [-0.05, 0) is 54.2 Å². The molecule has 5 heteroatoms. The van der Waals surface area contributed by atoms with E-state index < -0.39 is 0 Å². The predicted octanol–water partition coefficient (Wildman–Crippen LogP) is 2.60. The smallest absolute Gasteiger partial charge is 0.319 e. The lowest BCUT2D eigenvalue weighted by Crippen LogP contribution is -2.02. The van der Waals surface area contributed by atoms with Gasteiger partial charge in [0.1, 0.15) is 5.75 Å². The number of rotatable bonds is 2. The first kappa shape index (κ1) is 9.72. The van der Waals surface area contributed by atoms with Crippen molar-refractivity contribution >= 4 is 11.5 Å². The number of hydrogen-bond donors (Lipinski definition) is 0. The summed E-state index contributed by atoms with van der Waals surface area (Å²) in [6, 6.07) is 6.25. The summed E-state index contributed by atoms with van der Waals surface area (Å²) in [6.07, 6.45) is 4.92. The highest BCUT2D eigenvalue weighted by Gasteiger charge is 2.10. The summed E-state index contributed by atoms with van der Waals surface area (Å²) >= 11 is 1.16. The second-order valence-electron chi connectivity index (χ2n) is 3.87. The van der Waals surface area contributed by atoms with Gasteiger partial charge >= 0.3 is 5.19 Å². The minimum atomic E-state index is 0.496. The van der Waals surface area contributed by atoms with Gasteiger partial charge in [0.05, 0.1) is 0 Å². The Balaban J connectivity index is 1.86. The van der Waals surface area contributed by atoms with Gasteiger partial charge in [0, 0.05) is 11.5 Å². The van der Waals surface area contributed by atoms with Crippen molar-refractivity contribution in [2.45, 2.75) is 25.7 Å². The maximum atomic E-state index is 5.57. The van der Waals surface area contributed by atoms with Crippen molar-refractivity contribution in [3.63, 3.8) is 0 Å². The van der Waals surface area contributed by atoms with E-state index in [4.69, 9.17) is 4.74 Å². The number of aromatic nitrogens is 3. The Morgan fingerprint density at radius 3 is 2.81 bits per heavy atom. The van der Waals surface area contributed by atoms with Gasteiger partial charge in [-0.3, -0.25) is 0 Å². The van der Waals surface area contributed by atoms with E-state index in [1.807, 2.05) is 6.07 Å². The van der Waals surface area contributed by atoms with Crippen molar-refractivity contribution in [2.75, 3.05) is 0 Å². The average Bonchev–Trinajstić information content (AvgIpc) is 2.82. The molecule has 0 bridgehead atoms. The molecule has 2 aromatic rings. The molecule has 82 valence electrons. The minimum Gasteiger partial charge on any atom is -0.429 e. The lowest BCUT2D eigenvalue weighted by molar-refractivity contribution is 0.471. The number of fused-ring (bicyclic) bond motifs is 1. The van der Waals surface area contributed by atoms with E-state index in [1.54, 1.807) is 0 Å². The summed E-state index contributed by atoms with van der Waals surface area (Å²) in [5, 5.41) is 7.75. The van der Waals surface area contributed by atoms with Crippen molar-refractivity contribution in [2.24, 2.45) is 0 Å². The molecule has 0 unspecified atom stereocenters. The van der Waals surface area contributed by atoms with Crippen LogP contribution in [0.3, 0.4) is 0 Å². The molecule has 0 atom stereocenters. The first-order valence-electron chi connectivity index (χ1n) is 5.36. The summed E-state index contributed by atoms with van der Waals surface area (Å²) in [5.74, 6) is 0.833. The zero-order chi connectivity index (χ0) is 10.8.